The Hall–Kier alpha value is -3.06. The van der Waals surface area contributed by atoms with E-state index in [2.05, 4.69) is 15.4 Å². The van der Waals surface area contributed by atoms with Gasteiger partial charge in [-0.3, -0.25) is 4.79 Å². The number of fused-ring (bicyclic) bond motifs is 1. The van der Waals surface area contributed by atoms with Gasteiger partial charge in [-0.05, 0) is 29.3 Å². The zero-order valence-corrected chi connectivity index (χ0v) is 14.5. The Morgan fingerprint density at radius 3 is 2.81 bits per heavy atom. The van der Waals surface area contributed by atoms with E-state index in [9.17, 15) is 9.18 Å². The Morgan fingerprint density at radius 2 is 2.00 bits per heavy atom. The minimum absolute atomic E-state index is 0.202. The highest BCUT2D eigenvalue weighted by atomic mass is 32.1. The van der Waals surface area contributed by atoms with Gasteiger partial charge >= 0.3 is 0 Å². The molecule has 0 aliphatic carbocycles. The summed E-state index contributed by atoms with van der Waals surface area (Å²) < 4.78 is 16.3. The van der Waals surface area contributed by atoms with E-state index in [1.165, 1.54) is 23.7 Å². The number of benzene rings is 2. The van der Waals surface area contributed by atoms with Crippen molar-refractivity contribution in [3.8, 4) is 0 Å². The molecular formula is C19H15FN4OS. The third kappa shape index (κ3) is 3.48. The number of halogens is 1. The van der Waals surface area contributed by atoms with Crippen molar-refractivity contribution < 1.29 is 9.18 Å². The molecule has 0 atom stereocenters. The molecule has 1 N–H and O–H groups in total. The van der Waals surface area contributed by atoms with Gasteiger partial charge in [0.2, 0.25) is 0 Å². The smallest absolute Gasteiger partial charge is 0.261 e. The first-order valence-electron chi connectivity index (χ1n) is 8.05. The van der Waals surface area contributed by atoms with Crippen LogP contribution in [-0.2, 0) is 13.1 Å². The van der Waals surface area contributed by atoms with Gasteiger partial charge in [0.1, 0.15) is 18.5 Å². The maximum atomic E-state index is 13.8. The van der Waals surface area contributed by atoms with E-state index in [0.717, 1.165) is 15.8 Å². The number of carbonyl (C=O) groups excluding carboxylic acids is 1. The number of rotatable bonds is 5. The number of amides is 1. The predicted molar refractivity (Wildman–Crippen MR) is 98.5 cm³/mol. The molecule has 0 spiro atoms. The van der Waals surface area contributed by atoms with Crippen LogP contribution < -0.4 is 5.32 Å². The molecule has 0 radical (unpaired) electrons. The van der Waals surface area contributed by atoms with Gasteiger partial charge in [-0.2, -0.15) is 5.10 Å². The van der Waals surface area contributed by atoms with Crippen LogP contribution in [0, 0.1) is 5.82 Å². The fraction of sp³-hybridized carbons (Fsp3) is 0.105. The number of thiophene rings is 1. The molecule has 130 valence electrons. The monoisotopic (exact) mass is 366 g/mol. The van der Waals surface area contributed by atoms with Crippen LogP contribution in [0.1, 0.15) is 20.8 Å². The summed E-state index contributed by atoms with van der Waals surface area (Å²) in [5, 5.41) is 7.47. The van der Waals surface area contributed by atoms with Gasteiger partial charge in [0.25, 0.3) is 5.91 Å². The van der Waals surface area contributed by atoms with Gasteiger partial charge in [-0.15, -0.1) is 11.3 Å². The van der Waals surface area contributed by atoms with Crippen molar-refractivity contribution in [2.75, 3.05) is 0 Å². The fourth-order valence-electron chi connectivity index (χ4n) is 2.75. The van der Waals surface area contributed by atoms with Crippen molar-refractivity contribution in [2.24, 2.45) is 0 Å². The highest BCUT2D eigenvalue weighted by Crippen LogP contribution is 2.27. The second-order valence-corrected chi connectivity index (χ2v) is 6.94. The highest BCUT2D eigenvalue weighted by Gasteiger charge is 2.12. The van der Waals surface area contributed by atoms with Crippen LogP contribution >= 0.6 is 11.3 Å². The molecule has 0 bridgehead atoms. The van der Waals surface area contributed by atoms with Crippen LogP contribution in [0.3, 0.4) is 0 Å². The highest BCUT2D eigenvalue weighted by molar-refractivity contribution is 7.20. The molecule has 4 rings (SSSR count). The van der Waals surface area contributed by atoms with Gasteiger partial charge in [-0.1, -0.05) is 30.3 Å². The first-order chi connectivity index (χ1) is 12.7. The largest absolute Gasteiger partial charge is 0.347 e. The van der Waals surface area contributed by atoms with E-state index in [1.807, 2.05) is 30.3 Å². The van der Waals surface area contributed by atoms with Crippen molar-refractivity contribution >= 4 is 27.3 Å². The summed E-state index contributed by atoms with van der Waals surface area (Å²) in [6, 6.07) is 14.4. The lowest BCUT2D eigenvalue weighted by atomic mass is 10.1. The van der Waals surface area contributed by atoms with E-state index >= 15 is 0 Å². The van der Waals surface area contributed by atoms with Gasteiger partial charge in [0.15, 0.2) is 0 Å². The predicted octanol–water partition coefficient (Wildman–Crippen LogP) is 3.61. The lowest BCUT2D eigenvalue weighted by Gasteiger charge is -2.07. The van der Waals surface area contributed by atoms with Gasteiger partial charge in [0.05, 0.1) is 11.4 Å². The summed E-state index contributed by atoms with van der Waals surface area (Å²) in [4.78, 5) is 16.8. The average molecular weight is 366 g/mol. The first-order valence-corrected chi connectivity index (χ1v) is 8.87. The quantitative estimate of drug-likeness (QED) is 0.587. The zero-order valence-electron chi connectivity index (χ0n) is 13.7. The Bertz CT molecular complexity index is 1060. The average Bonchev–Trinajstić information content (AvgIpc) is 3.30. The molecule has 7 heteroatoms. The number of carbonyl (C=O) groups is 1. The molecule has 0 aliphatic heterocycles. The molecular weight excluding hydrogens is 351 g/mol. The maximum absolute atomic E-state index is 13.8. The summed E-state index contributed by atoms with van der Waals surface area (Å²) >= 11 is 1.29. The van der Waals surface area contributed by atoms with E-state index in [1.54, 1.807) is 23.1 Å². The Morgan fingerprint density at radius 1 is 1.15 bits per heavy atom. The minimum Gasteiger partial charge on any atom is -0.347 e. The van der Waals surface area contributed by atoms with Crippen LogP contribution in [0.4, 0.5) is 4.39 Å². The second kappa shape index (κ2) is 7.05. The third-order valence-electron chi connectivity index (χ3n) is 3.99. The molecule has 5 nitrogen and oxygen atoms in total. The molecule has 26 heavy (non-hydrogen) atoms. The summed E-state index contributed by atoms with van der Waals surface area (Å²) in [7, 11) is 0. The number of hydrogen-bond acceptors (Lipinski definition) is 4. The molecule has 0 unspecified atom stereocenters. The standard InChI is InChI=1S/C19H15FN4OS/c20-16-5-2-6-17-15(16)8-18(26-17)19(25)22-9-13-3-1-4-14(7-13)10-24-12-21-11-23-24/h1-8,11-12H,9-10H2,(H,22,25). The van der Waals surface area contributed by atoms with Gasteiger partial charge in [-0.25, -0.2) is 14.1 Å². The molecule has 2 aromatic heterocycles. The molecule has 2 heterocycles. The van der Waals surface area contributed by atoms with Crippen molar-refractivity contribution in [1.82, 2.24) is 20.1 Å². The molecule has 4 aromatic rings. The van der Waals surface area contributed by atoms with Crippen molar-refractivity contribution in [3.63, 3.8) is 0 Å². The lowest BCUT2D eigenvalue weighted by molar-refractivity contribution is 0.0955. The summed E-state index contributed by atoms with van der Waals surface area (Å²) in [5.74, 6) is -0.508. The SMILES string of the molecule is O=C(NCc1cccc(Cn2cncn2)c1)c1cc2c(F)cccc2s1. The van der Waals surface area contributed by atoms with Gasteiger partial charge in [0, 0.05) is 16.6 Å². The minimum atomic E-state index is -0.307. The van der Waals surface area contributed by atoms with Crippen LogP contribution in [0.5, 0.6) is 0 Å². The van der Waals surface area contributed by atoms with Crippen LogP contribution in [0.2, 0.25) is 0 Å². The molecule has 0 saturated carbocycles. The summed E-state index contributed by atoms with van der Waals surface area (Å²) in [6.07, 6.45) is 3.16. The van der Waals surface area contributed by atoms with Gasteiger partial charge < -0.3 is 5.32 Å². The second-order valence-electron chi connectivity index (χ2n) is 5.86. The van der Waals surface area contributed by atoms with Crippen molar-refractivity contribution in [3.05, 3.63) is 83.0 Å². The summed E-state index contributed by atoms with van der Waals surface area (Å²) in [5.41, 5.74) is 2.06. The molecule has 0 saturated heterocycles. The Kier molecular flexibility index (Phi) is 4.45. The van der Waals surface area contributed by atoms with Crippen LogP contribution in [0.25, 0.3) is 10.1 Å². The molecule has 1 amide bonds. The van der Waals surface area contributed by atoms with Crippen LogP contribution in [-0.4, -0.2) is 20.7 Å². The van der Waals surface area contributed by atoms with E-state index in [0.29, 0.717) is 23.4 Å². The Labute approximate surface area is 153 Å². The number of nitrogens with one attached hydrogen (secondary N) is 1. The van der Waals surface area contributed by atoms with E-state index in [4.69, 9.17) is 0 Å². The topological polar surface area (TPSA) is 59.8 Å². The summed E-state index contributed by atoms with van der Waals surface area (Å²) in [6.45, 7) is 1.03. The zero-order chi connectivity index (χ0) is 17.9. The third-order valence-corrected chi connectivity index (χ3v) is 5.09. The number of aromatic nitrogens is 3. The fourth-order valence-corrected chi connectivity index (χ4v) is 3.74. The molecule has 2 aromatic carbocycles. The van der Waals surface area contributed by atoms with Crippen molar-refractivity contribution in [1.29, 1.82) is 0 Å². The molecule has 0 aliphatic rings. The molecule has 0 fully saturated rings. The Balaban J connectivity index is 1.44. The first kappa shape index (κ1) is 16.4. The normalized spacial score (nSPS) is 11.0. The number of nitrogens with zero attached hydrogens (tertiary/aromatic N) is 3. The number of hydrogen-bond donors (Lipinski definition) is 1. The maximum Gasteiger partial charge on any atom is 0.261 e. The van der Waals surface area contributed by atoms with Crippen LogP contribution in [0.15, 0.2) is 61.2 Å². The van der Waals surface area contributed by atoms with E-state index in [-0.39, 0.29) is 11.7 Å². The lowest BCUT2D eigenvalue weighted by Crippen LogP contribution is -2.21. The van der Waals surface area contributed by atoms with Crippen molar-refractivity contribution in [2.45, 2.75) is 13.1 Å². The van der Waals surface area contributed by atoms with E-state index < -0.39 is 0 Å².